The van der Waals surface area contributed by atoms with Gasteiger partial charge in [0.25, 0.3) is 0 Å². The highest BCUT2D eigenvalue weighted by Crippen LogP contribution is 2.03. The second kappa shape index (κ2) is 11.9. The molecule has 0 aliphatic carbocycles. The van der Waals surface area contributed by atoms with Crippen LogP contribution in [0.1, 0.15) is 52.4 Å². The Kier molecular flexibility index (Phi) is 13.1. The summed E-state index contributed by atoms with van der Waals surface area (Å²) in [5.74, 6) is -3.65. The second-order valence-electron chi connectivity index (χ2n) is 3.02. The maximum Gasteiger partial charge on any atom is 0.414 e. The fraction of sp³-hybridized carbons (Fsp3) is 0.800. The van der Waals surface area contributed by atoms with Crippen LogP contribution in [0.25, 0.3) is 0 Å². The topological polar surface area (TPSA) is 74.6 Å². The van der Waals surface area contributed by atoms with Gasteiger partial charge in [-0.25, -0.2) is 9.59 Å². The number of hydrogen-bond acceptors (Lipinski definition) is 2. The monoisotopic (exact) mass is 204 g/mol. The van der Waals surface area contributed by atoms with Crippen molar-refractivity contribution < 1.29 is 19.8 Å². The van der Waals surface area contributed by atoms with Crippen molar-refractivity contribution in [3.63, 3.8) is 0 Å². The molecular weight excluding hydrogens is 184 g/mol. The van der Waals surface area contributed by atoms with Gasteiger partial charge in [-0.3, -0.25) is 0 Å². The van der Waals surface area contributed by atoms with Crippen molar-refractivity contribution in [1.82, 2.24) is 0 Å². The first-order valence-corrected chi connectivity index (χ1v) is 5.02. The van der Waals surface area contributed by atoms with Crippen molar-refractivity contribution in [1.29, 1.82) is 0 Å². The van der Waals surface area contributed by atoms with Gasteiger partial charge in [0.05, 0.1) is 0 Å². The molecule has 14 heavy (non-hydrogen) atoms. The zero-order valence-electron chi connectivity index (χ0n) is 8.95. The van der Waals surface area contributed by atoms with Gasteiger partial charge in [0.2, 0.25) is 0 Å². The highest BCUT2D eigenvalue weighted by molar-refractivity contribution is 6.27. The number of unbranched alkanes of at least 4 members (excludes halogenated alkanes) is 5. The Hall–Kier alpha value is -1.06. The fourth-order valence-corrected chi connectivity index (χ4v) is 0.854. The van der Waals surface area contributed by atoms with Gasteiger partial charge in [0.15, 0.2) is 0 Å². The third kappa shape index (κ3) is 17.1. The van der Waals surface area contributed by atoms with Gasteiger partial charge in [-0.05, 0) is 0 Å². The molecule has 84 valence electrons. The van der Waals surface area contributed by atoms with Gasteiger partial charge in [0.1, 0.15) is 0 Å². The Morgan fingerprint density at radius 1 is 0.786 bits per heavy atom. The molecule has 4 nitrogen and oxygen atoms in total. The number of carbonyl (C=O) groups is 2. The quantitative estimate of drug-likeness (QED) is 0.533. The Labute approximate surface area is 84.9 Å². The van der Waals surface area contributed by atoms with E-state index in [9.17, 15) is 0 Å². The van der Waals surface area contributed by atoms with Crippen LogP contribution in [0.3, 0.4) is 0 Å². The molecule has 0 spiro atoms. The van der Waals surface area contributed by atoms with Crippen LogP contribution < -0.4 is 0 Å². The molecule has 0 saturated carbocycles. The molecule has 0 radical (unpaired) electrons. The minimum absolute atomic E-state index is 1.36. The summed E-state index contributed by atoms with van der Waals surface area (Å²) in [6.07, 6.45) is 8.49. The minimum Gasteiger partial charge on any atom is -0.473 e. The van der Waals surface area contributed by atoms with Gasteiger partial charge in [0, 0.05) is 0 Å². The SMILES string of the molecule is CCCCCCCC.O=C(O)C(=O)O. The smallest absolute Gasteiger partial charge is 0.414 e. The van der Waals surface area contributed by atoms with Crippen LogP contribution in [-0.2, 0) is 9.59 Å². The number of rotatable bonds is 5. The normalized spacial score (nSPS) is 8.71. The largest absolute Gasteiger partial charge is 0.473 e. The van der Waals surface area contributed by atoms with E-state index in [1.807, 2.05) is 0 Å². The molecule has 0 aliphatic rings. The van der Waals surface area contributed by atoms with Crippen molar-refractivity contribution >= 4 is 11.9 Å². The lowest BCUT2D eigenvalue weighted by Crippen LogP contribution is -2.09. The zero-order valence-corrected chi connectivity index (χ0v) is 8.95. The van der Waals surface area contributed by atoms with Gasteiger partial charge < -0.3 is 10.2 Å². The molecule has 0 aromatic rings. The molecule has 2 N–H and O–H groups in total. The first kappa shape index (κ1) is 15.4. The van der Waals surface area contributed by atoms with Crippen molar-refractivity contribution in [3.05, 3.63) is 0 Å². The van der Waals surface area contributed by atoms with Gasteiger partial charge in [-0.1, -0.05) is 52.4 Å². The molecule has 4 heteroatoms. The summed E-state index contributed by atoms with van der Waals surface area (Å²) < 4.78 is 0. The summed E-state index contributed by atoms with van der Waals surface area (Å²) in [4.78, 5) is 18.2. The third-order valence-corrected chi connectivity index (χ3v) is 1.64. The highest BCUT2D eigenvalue weighted by atomic mass is 16.4. The first-order chi connectivity index (χ1) is 6.56. The maximum absolute atomic E-state index is 9.10. The molecule has 0 aliphatic heterocycles. The third-order valence-electron chi connectivity index (χ3n) is 1.64. The van der Waals surface area contributed by atoms with E-state index in [0.717, 1.165) is 0 Å². The van der Waals surface area contributed by atoms with Crippen molar-refractivity contribution in [2.24, 2.45) is 0 Å². The summed E-state index contributed by atoms with van der Waals surface area (Å²) in [5.41, 5.74) is 0. The highest BCUT2D eigenvalue weighted by Gasteiger charge is 2.04. The Balaban J connectivity index is 0. The Morgan fingerprint density at radius 2 is 1.07 bits per heavy atom. The second-order valence-corrected chi connectivity index (χ2v) is 3.02. The average Bonchev–Trinajstić information content (AvgIpc) is 2.13. The molecular formula is C10H20O4. The van der Waals surface area contributed by atoms with Crippen LogP contribution in [0, 0.1) is 0 Å². The lowest BCUT2D eigenvalue weighted by molar-refractivity contribution is -0.159. The summed E-state index contributed by atoms with van der Waals surface area (Å²) >= 11 is 0. The molecule has 0 unspecified atom stereocenters. The fourth-order valence-electron chi connectivity index (χ4n) is 0.854. The van der Waals surface area contributed by atoms with Gasteiger partial charge in [-0.15, -0.1) is 0 Å². The molecule has 0 aromatic heterocycles. The van der Waals surface area contributed by atoms with E-state index in [-0.39, 0.29) is 0 Å². The van der Waals surface area contributed by atoms with E-state index >= 15 is 0 Å². The van der Waals surface area contributed by atoms with E-state index in [2.05, 4.69) is 13.8 Å². The summed E-state index contributed by atoms with van der Waals surface area (Å²) in [6, 6.07) is 0. The van der Waals surface area contributed by atoms with Crippen LogP contribution in [0.2, 0.25) is 0 Å². The van der Waals surface area contributed by atoms with Crippen LogP contribution in [-0.4, -0.2) is 22.2 Å². The van der Waals surface area contributed by atoms with Crippen LogP contribution in [0.15, 0.2) is 0 Å². The number of carboxylic acids is 2. The number of aliphatic carboxylic acids is 2. The zero-order chi connectivity index (χ0) is 11.4. The van der Waals surface area contributed by atoms with Gasteiger partial charge in [-0.2, -0.15) is 0 Å². The van der Waals surface area contributed by atoms with E-state index in [0.29, 0.717) is 0 Å². The van der Waals surface area contributed by atoms with Gasteiger partial charge >= 0.3 is 11.9 Å². The number of carboxylic acid groups (broad SMARTS) is 2. The lowest BCUT2D eigenvalue weighted by Gasteiger charge is -1.93. The van der Waals surface area contributed by atoms with E-state index in [4.69, 9.17) is 19.8 Å². The molecule has 0 atom stereocenters. The Bertz CT molecular complexity index is 136. The number of hydrogen-bond donors (Lipinski definition) is 2. The van der Waals surface area contributed by atoms with Crippen LogP contribution >= 0.6 is 0 Å². The minimum atomic E-state index is -1.82. The average molecular weight is 204 g/mol. The molecule has 0 aromatic carbocycles. The van der Waals surface area contributed by atoms with Crippen LogP contribution in [0.4, 0.5) is 0 Å². The lowest BCUT2D eigenvalue weighted by atomic mass is 10.1. The van der Waals surface area contributed by atoms with Crippen molar-refractivity contribution in [3.8, 4) is 0 Å². The molecule has 0 saturated heterocycles. The van der Waals surface area contributed by atoms with E-state index in [1.165, 1.54) is 38.5 Å². The summed E-state index contributed by atoms with van der Waals surface area (Å²) in [5, 5.41) is 14.8. The molecule has 0 bridgehead atoms. The van der Waals surface area contributed by atoms with E-state index < -0.39 is 11.9 Å². The predicted octanol–water partition coefficient (Wildman–Crippen LogP) is 2.52. The first-order valence-electron chi connectivity index (χ1n) is 5.02. The molecule has 0 fully saturated rings. The molecule has 0 heterocycles. The van der Waals surface area contributed by atoms with Crippen molar-refractivity contribution in [2.75, 3.05) is 0 Å². The molecule has 0 rings (SSSR count). The summed E-state index contributed by atoms with van der Waals surface area (Å²) in [7, 11) is 0. The summed E-state index contributed by atoms with van der Waals surface area (Å²) in [6.45, 7) is 4.51. The van der Waals surface area contributed by atoms with Crippen molar-refractivity contribution in [2.45, 2.75) is 52.4 Å². The maximum atomic E-state index is 9.10. The van der Waals surface area contributed by atoms with E-state index in [1.54, 1.807) is 0 Å². The standard InChI is InChI=1S/C8H18.C2H2O4/c1-3-5-7-8-6-4-2;3-1(4)2(5)6/h3-8H2,1-2H3;(H,3,4)(H,5,6). The molecule has 0 amide bonds. The van der Waals surface area contributed by atoms with Crippen LogP contribution in [0.5, 0.6) is 0 Å². The predicted molar refractivity (Wildman–Crippen MR) is 54.3 cm³/mol. The Morgan fingerprint density at radius 3 is 1.21 bits per heavy atom.